The van der Waals surface area contributed by atoms with Crippen molar-refractivity contribution in [2.24, 2.45) is 0 Å². The molecule has 286 valence electrons. The molecule has 0 radical (unpaired) electrons. The second-order valence-electron chi connectivity index (χ2n) is 15.7. The zero-order valence-electron chi connectivity index (χ0n) is 33.1. The molecular weight excluding hydrogens is 743 g/mol. The third-order valence-electron chi connectivity index (χ3n) is 12.1. The third kappa shape index (κ3) is 5.98. The molecule has 3 heteroatoms. The minimum Gasteiger partial charge on any atom is -0.455 e. The van der Waals surface area contributed by atoms with E-state index in [-0.39, 0.29) is 0 Å². The number of benzene rings is 10. The predicted molar refractivity (Wildman–Crippen MR) is 255 cm³/mol. The molecule has 0 aliphatic carbocycles. The summed E-state index contributed by atoms with van der Waals surface area (Å²) >= 11 is 0. The molecule has 0 saturated carbocycles. The monoisotopic (exact) mass is 779 g/mol. The minimum atomic E-state index is 0.896. The molecule has 0 atom stereocenters. The summed E-state index contributed by atoms with van der Waals surface area (Å²) in [4.78, 5) is 2.37. The Balaban J connectivity index is 1.03. The Morgan fingerprint density at radius 1 is 0.262 bits per heavy atom. The fraction of sp³-hybridized carbons (Fsp3) is 0. The van der Waals surface area contributed by atoms with Gasteiger partial charge < -0.3 is 13.7 Å². The lowest BCUT2D eigenvalue weighted by molar-refractivity contribution is 0.669. The number of rotatable bonds is 7. The standard InChI is InChI=1S/C58H37NO2/c1-2-13-38(14-3-1)42-35-43(48-20-10-16-39-15-4-5-17-47(39)48)37-46(36-42)59(44-31-27-40(28-32-44)49-21-11-23-53-51-18-6-8-25-55(51)60-57(49)53)45-33-29-41(30-34-45)50-22-12-24-54-52-19-7-9-26-56(52)61-58(50)54/h1-37H. The van der Waals surface area contributed by atoms with Gasteiger partial charge in [0.2, 0.25) is 0 Å². The summed E-state index contributed by atoms with van der Waals surface area (Å²) < 4.78 is 12.9. The van der Waals surface area contributed by atoms with E-state index in [0.29, 0.717) is 0 Å². The Labute approximate surface area is 353 Å². The van der Waals surface area contributed by atoms with Crippen LogP contribution < -0.4 is 4.90 Å². The highest BCUT2D eigenvalue weighted by Gasteiger charge is 2.19. The number of fused-ring (bicyclic) bond motifs is 7. The van der Waals surface area contributed by atoms with Gasteiger partial charge in [0.25, 0.3) is 0 Å². The van der Waals surface area contributed by atoms with Gasteiger partial charge in [0, 0.05) is 49.7 Å². The van der Waals surface area contributed by atoms with Crippen LogP contribution in [0.5, 0.6) is 0 Å². The van der Waals surface area contributed by atoms with Gasteiger partial charge in [-0.25, -0.2) is 0 Å². The molecule has 10 aromatic carbocycles. The molecule has 0 unspecified atom stereocenters. The maximum absolute atomic E-state index is 6.47. The van der Waals surface area contributed by atoms with E-state index in [0.717, 1.165) is 99.9 Å². The maximum atomic E-state index is 6.47. The van der Waals surface area contributed by atoms with E-state index in [4.69, 9.17) is 8.83 Å². The van der Waals surface area contributed by atoms with Gasteiger partial charge in [0.05, 0.1) is 0 Å². The van der Waals surface area contributed by atoms with E-state index in [1.807, 2.05) is 24.3 Å². The van der Waals surface area contributed by atoms with Crippen molar-refractivity contribution in [2.75, 3.05) is 4.90 Å². The average molecular weight is 780 g/mol. The number of hydrogen-bond donors (Lipinski definition) is 0. The van der Waals surface area contributed by atoms with Gasteiger partial charge in [0.1, 0.15) is 22.3 Å². The SMILES string of the molecule is c1ccc(-c2cc(-c3cccc4ccccc34)cc(N(c3ccc(-c4cccc5c4oc4ccccc45)cc3)c3ccc(-c4cccc5c4oc4ccccc45)cc3)c2)cc1. The van der Waals surface area contributed by atoms with Crippen molar-refractivity contribution in [1.29, 1.82) is 0 Å². The van der Waals surface area contributed by atoms with Gasteiger partial charge in [-0.3, -0.25) is 0 Å². The summed E-state index contributed by atoms with van der Waals surface area (Å²) in [7, 11) is 0. The molecule has 0 saturated heterocycles. The first-order chi connectivity index (χ1) is 30.2. The fourth-order valence-electron chi connectivity index (χ4n) is 9.15. The number of hydrogen-bond acceptors (Lipinski definition) is 3. The van der Waals surface area contributed by atoms with Crippen LogP contribution in [-0.4, -0.2) is 0 Å². The van der Waals surface area contributed by atoms with E-state index in [9.17, 15) is 0 Å². The van der Waals surface area contributed by atoms with Crippen molar-refractivity contribution in [3.05, 3.63) is 224 Å². The van der Waals surface area contributed by atoms with Gasteiger partial charge in [-0.2, -0.15) is 0 Å². The van der Waals surface area contributed by atoms with E-state index in [1.165, 1.54) is 16.3 Å². The molecule has 0 aliphatic rings. The van der Waals surface area contributed by atoms with Gasteiger partial charge in [-0.1, -0.05) is 170 Å². The number of furan rings is 2. The van der Waals surface area contributed by atoms with Crippen molar-refractivity contribution in [3.63, 3.8) is 0 Å². The van der Waals surface area contributed by atoms with Crippen LogP contribution in [0, 0.1) is 0 Å². The number of nitrogens with zero attached hydrogens (tertiary/aromatic N) is 1. The lowest BCUT2D eigenvalue weighted by Gasteiger charge is -2.27. The van der Waals surface area contributed by atoms with Crippen LogP contribution in [0.25, 0.3) is 99.2 Å². The molecule has 0 amide bonds. The van der Waals surface area contributed by atoms with Crippen LogP contribution in [0.2, 0.25) is 0 Å². The Morgan fingerprint density at radius 2 is 0.721 bits per heavy atom. The normalized spacial score (nSPS) is 11.6. The van der Waals surface area contributed by atoms with Crippen molar-refractivity contribution < 1.29 is 8.83 Å². The first kappa shape index (κ1) is 34.9. The van der Waals surface area contributed by atoms with Crippen LogP contribution in [0.15, 0.2) is 233 Å². The maximum Gasteiger partial charge on any atom is 0.143 e. The molecule has 0 N–H and O–H groups in total. The Morgan fingerprint density at radius 3 is 1.33 bits per heavy atom. The summed E-state index contributed by atoms with van der Waals surface area (Å²) in [5, 5.41) is 6.94. The molecule has 0 fully saturated rings. The van der Waals surface area contributed by atoms with Gasteiger partial charge >= 0.3 is 0 Å². The highest BCUT2D eigenvalue weighted by molar-refractivity contribution is 6.11. The van der Waals surface area contributed by atoms with Crippen molar-refractivity contribution in [3.8, 4) is 44.5 Å². The van der Waals surface area contributed by atoms with Crippen LogP contribution in [-0.2, 0) is 0 Å². The molecule has 12 rings (SSSR count). The van der Waals surface area contributed by atoms with E-state index >= 15 is 0 Å². The highest BCUT2D eigenvalue weighted by Crippen LogP contribution is 2.44. The second kappa shape index (κ2) is 14.3. The second-order valence-corrected chi connectivity index (χ2v) is 15.7. The van der Waals surface area contributed by atoms with E-state index in [1.54, 1.807) is 0 Å². The van der Waals surface area contributed by atoms with E-state index in [2.05, 4.69) is 205 Å². The highest BCUT2D eigenvalue weighted by atomic mass is 16.3. The molecule has 3 nitrogen and oxygen atoms in total. The predicted octanol–water partition coefficient (Wildman–Crippen LogP) is 16.8. The summed E-state index contributed by atoms with van der Waals surface area (Å²) in [5.74, 6) is 0. The van der Waals surface area contributed by atoms with Crippen molar-refractivity contribution in [2.45, 2.75) is 0 Å². The fourth-order valence-corrected chi connectivity index (χ4v) is 9.15. The van der Waals surface area contributed by atoms with Crippen LogP contribution in [0.3, 0.4) is 0 Å². The van der Waals surface area contributed by atoms with Crippen LogP contribution in [0.4, 0.5) is 17.1 Å². The summed E-state index contributed by atoms with van der Waals surface area (Å²) in [6.07, 6.45) is 0. The molecule has 12 aromatic rings. The van der Waals surface area contributed by atoms with Crippen molar-refractivity contribution in [1.82, 2.24) is 0 Å². The summed E-state index contributed by atoms with van der Waals surface area (Å²) in [6.45, 7) is 0. The largest absolute Gasteiger partial charge is 0.455 e. The molecule has 2 aromatic heterocycles. The molecule has 2 heterocycles. The molecule has 0 aliphatic heterocycles. The average Bonchev–Trinajstić information content (AvgIpc) is 3.91. The van der Waals surface area contributed by atoms with Crippen LogP contribution >= 0.6 is 0 Å². The zero-order chi connectivity index (χ0) is 40.3. The van der Waals surface area contributed by atoms with Crippen molar-refractivity contribution >= 4 is 71.7 Å². The first-order valence-corrected chi connectivity index (χ1v) is 20.7. The Hall–Kier alpha value is -8.14. The lowest BCUT2D eigenvalue weighted by Crippen LogP contribution is -2.10. The summed E-state index contributed by atoms with van der Waals surface area (Å²) in [6, 6.07) is 80.0. The lowest BCUT2D eigenvalue weighted by atomic mass is 9.94. The number of para-hydroxylation sites is 4. The Bertz CT molecular complexity index is 3420. The quantitative estimate of drug-likeness (QED) is 0.161. The first-order valence-electron chi connectivity index (χ1n) is 20.7. The van der Waals surface area contributed by atoms with Gasteiger partial charge in [-0.15, -0.1) is 0 Å². The Kier molecular flexibility index (Phi) is 8.17. The molecule has 61 heavy (non-hydrogen) atoms. The smallest absolute Gasteiger partial charge is 0.143 e. The molecule has 0 bridgehead atoms. The third-order valence-corrected chi connectivity index (χ3v) is 12.1. The molecular formula is C58H37NO2. The zero-order valence-corrected chi connectivity index (χ0v) is 33.1. The van der Waals surface area contributed by atoms with Gasteiger partial charge in [-0.05, 0) is 98.8 Å². The topological polar surface area (TPSA) is 29.5 Å². The van der Waals surface area contributed by atoms with Crippen LogP contribution in [0.1, 0.15) is 0 Å². The summed E-state index contributed by atoms with van der Waals surface area (Å²) in [5.41, 5.74) is 15.7. The number of anilines is 3. The van der Waals surface area contributed by atoms with Gasteiger partial charge in [0.15, 0.2) is 0 Å². The van der Waals surface area contributed by atoms with E-state index < -0.39 is 0 Å². The minimum absolute atomic E-state index is 0.896. The molecule has 0 spiro atoms.